The van der Waals surface area contributed by atoms with E-state index in [-0.39, 0.29) is 6.04 Å². The molecule has 0 aliphatic heterocycles. The van der Waals surface area contributed by atoms with Crippen LogP contribution in [-0.2, 0) is 7.05 Å². The van der Waals surface area contributed by atoms with E-state index < -0.39 is 0 Å². The van der Waals surface area contributed by atoms with Gasteiger partial charge >= 0.3 is 0 Å². The van der Waals surface area contributed by atoms with Crippen LogP contribution in [0.1, 0.15) is 79.3 Å². The van der Waals surface area contributed by atoms with Crippen molar-refractivity contribution in [2.75, 3.05) is 5.32 Å². The maximum atomic E-state index is 5.42. The fourth-order valence-corrected chi connectivity index (χ4v) is 6.44. The van der Waals surface area contributed by atoms with Gasteiger partial charge in [0, 0.05) is 30.0 Å². The van der Waals surface area contributed by atoms with Crippen LogP contribution in [0.3, 0.4) is 0 Å². The molecule has 43 heavy (non-hydrogen) atoms. The number of hydrogen-bond donors (Lipinski definition) is 1. The van der Waals surface area contributed by atoms with E-state index in [9.17, 15) is 0 Å². The smallest absolute Gasteiger partial charge is 0.155 e. The molecule has 6 rings (SSSR count). The molecule has 1 atom stereocenters. The van der Waals surface area contributed by atoms with Crippen molar-refractivity contribution < 1.29 is 0 Å². The number of nitrogens with one attached hydrogen (secondary N) is 1. The summed E-state index contributed by atoms with van der Waals surface area (Å²) in [7, 11) is 2.12. The zero-order chi connectivity index (χ0) is 30.2. The Morgan fingerprint density at radius 1 is 0.674 bits per heavy atom. The number of hydrogen-bond acceptors (Lipinski definition) is 2. The van der Waals surface area contributed by atoms with Gasteiger partial charge in [-0.05, 0) is 65.1 Å². The van der Waals surface area contributed by atoms with Crippen molar-refractivity contribution in [2.45, 2.75) is 59.4 Å². The highest BCUT2D eigenvalue weighted by atomic mass is 15.2. The van der Waals surface area contributed by atoms with Crippen molar-refractivity contribution in [3.05, 3.63) is 137 Å². The number of aromatic nitrogens is 3. The quantitative estimate of drug-likeness (QED) is 0.199. The minimum atomic E-state index is -0.184. The lowest BCUT2D eigenvalue weighted by Gasteiger charge is -2.28. The Morgan fingerprint density at radius 2 is 1.28 bits per heavy atom. The summed E-state index contributed by atoms with van der Waals surface area (Å²) in [5, 5.41) is 5.36. The van der Waals surface area contributed by atoms with Crippen molar-refractivity contribution in [2.24, 2.45) is 7.05 Å². The van der Waals surface area contributed by atoms with Gasteiger partial charge < -0.3 is 9.88 Å². The minimum Gasteiger partial charge on any atom is -0.371 e. The number of imidazole rings is 1. The number of para-hydroxylation sites is 2. The monoisotopic (exact) mass is 566 g/mol. The van der Waals surface area contributed by atoms with Gasteiger partial charge in [-0.25, -0.2) is 4.98 Å². The van der Waals surface area contributed by atoms with E-state index in [1.165, 1.54) is 55.7 Å². The second-order valence-corrected chi connectivity index (χ2v) is 12.3. The third kappa shape index (κ3) is 5.16. The first-order chi connectivity index (χ1) is 20.8. The Balaban J connectivity index is 1.59. The summed E-state index contributed by atoms with van der Waals surface area (Å²) in [5.74, 6) is 2.66. The molecule has 0 bridgehead atoms. The van der Waals surface area contributed by atoms with Gasteiger partial charge in [0.2, 0.25) is 0 Å². The maximum Gasteiger partial charge on any atom is 0.155 e. The number of benzene rings is 4. The SMILES string of the molecule is Cc1c(C)n(-c2cn(C)c(C(Nc3c(C(C)C)cccc3C(C)C)c3ccccc3-c3ccccc3)n2)c2ccccc12. The number of fused-ring (bicyclic) bond motifs is 1. The van der Waals surface area contributed by atoms with Crippen molar-refractivity contribution in [1.29, 1.82) is 0 Å². The summed E-state index contributed by atoms with van der Waals surface area (Å²) in [6.07, 6.45) is 2.17. The largest absolute Gasteiger partial charge is 0.371 e. The van der Waals surface area contributed by atoms with Crippen LogP contribution >= 0.6 is 0 Å². The lowest BCUT2D eigenvalue weighted by molar-refractivity contribution is 0.740. The Morgan fingerprint density at radius 3 is 1.98 bits per heavy atom. The number of aryl methyl sites for hydroxylation is 2. The fraction of sp³-hybridized carbons (Fsp3) is 0.256. The van der Waals surface area contributed by atoms with Crippen molar-refractivity contribution in [3.63, 3.8) is 0 Å². The topological polar surface area (TPSA) is 34.8 Å². The molecule has 4 aromatic carbocycles. The van der Waals surface area contributed by atoms with Crippen LogP contribution in [0.4, 0.5) is 5.69 Å². The first kappa shape index (κ1) is 28.5. The van der Waals surface area contributed by atoms with Crippen LogP contribution in [0.5, 0.6) is 0 Å². The first-order valence-electron chi connectivity index (χ1n) is 15.4. The normalized spacial score (nSPS) is 12.4. The summed E-state index contributed by atoms with van der Waals surface area (Å²) in [6.45, 7) is 13.5. The Kier molecular flexibility index (Phi) is 7.70. The lowest BCUT2D eigenvalue weighted by atomic mass is 9.90. The molecule has 0 saturated carbocycles. The molecule has 1 N–H and O–H groups in total. The fourth-order valence-electron chi connectivity index (χ4n) is 6.44. The highest BCUT2D eigenvalue weighted by Crippen LogP contribution is 2.39. The van der Waals surface area contributed by atoms with E-state index in [4.69, 9.17) is 4.98 Å². The van der Waals surface area contributed by atoms with Crippen LogP contribution < -0.4 is 5.32 Å². The van der Waals surface area contributed by atoms with E-state index in [2.05, 4.69) is 166 Å². The van der Waals surface area contributed by atoms with E-state index >= 15 is 0 Å². The average Bonchev–Trinajstić information content (AvgIpc) is 3.51. The maximum absolute atomic E-state index is 5.42. The molecule has 218 valence electrons. The Bertz CT molecular complexity index is 1860. The molecule has 0 aliphatic rings. The van der Waals surface area contributed by atoms with Gasteiger partial charge in [0.05, 0.1) is 5.52 Å². The molecular weight excluding hydrogens is 524 g/mol. The van der Waals surface area contributed by atoms with Gasteiger partial charge in [0.15, 0.2) is 5.82 Å². The zero-order valence-electron chi connectivity index (χ0n) is 26.4. The summed E-state index contributed by atoms with van der Waals surface area (Å²) >= 11 is 0. The highest BCUT2D eigenvalue weighted by Gasteiger charge is 2.27. The third-order valence-corrected chi connectivity index (χ3v) is 8.83. The van der Waals surface area contributed by atoms with Crippen LogP contribution in [0.2, 0.25) is 0 Å². The van der Waals surface area contributed by atoms with Crippen molar-refractivity contribution in [1.82, 2.24) is 14.1 Å². The number of rotatable bonds is 8. The molecule has 0 aliphatic carbocycles. The van der Waals surface area contributed by atoms with Crippen molar-refractivity contribution >= 4 is 16.6 Å². The van der Waals surface area contributed by atoms with Gasteiger partial charge in [-0.15, -0.1) is 0 Å². The summed E-state index contributed by atoms with van der Waals surface area (Å²) in [6, 6.07) is 34.6. The zero-order valence-corrected chi connectivity index (χ0v) is 26.4. The van der Waals surface area contributed by atoms with Crippen molar-refractivity contribution in [3.8, 4) is 16.9 Å². The van der Waals surface area contributed by atoms with E-state index in [0.717, 1.165) is 11.6 Å². The molecular formula is C39H42N4. The Hall–Kier alpha value is -4.57. The van der Waals surface area contributed by atoms with Gasteiger partial charge in [-0.2, -0.15) is 0 Å². The van der Waals surface area contributed by atoms with Gasteiger partial charge in [0.1, 0.15) is 11.9 Å². The molecule has 0 saturated heterocycles. The molecule has 6 aromatic rings. The van der Waals surface area contributed by atoms with E-state index in [1.54, 1.807) is 0 Å². The molecule has 2 heterocycles. The summed E-state index contributed by atoms with van der Waals surface area (Å²) < 4.78 is 4.50. The molecule has 0 radical (unpaired) electrons. The van der Waals surface area contributed by atoms with E-state index in [0.29, 0.717) is 11.8 Å². The van der Waals surface area contributed by atoms with Gasteiger partial charge in [0.25, 0.3) is 0 Å². The first-order valence-corrected chi connectivity index (χ1v) is 15.4. The van der Waals surface area contributed by atoms with Crippen LogP contribution in [-0.4, -0.2) is 14.1 Å². The molecule has 2 aromatic heterocycles. The predicted octanol–water partition coefficient (Wildman–Crippen LogP) is 10.1. The molecule has 1 unspecified atom stereocenters. The minimum absolute atomic E-state index is 0.184. The van der Waals surface area contributed by atoms with Crippen LogP contribution in [0.15, 0.2) is 103 Å². The standard InChI is InChI=1S/C39H42N4/c1-25(2)30-21-15-22-31(26(3)4)37(30)41-38(34-20-12-11-19-33(34)29-16-9-8-10-17-29)39-40-36(24-42(39)7)43-28(6)27(5)32-18-13-14-23-35(32)43/h8-26,38,41H,1-7H3. The molecule has 4 heteroatoms. The molecule has 0 fully saturated rings. The molecule has 4 nitrogen and oxygen atoms in total. The van der Waals surface area contributed by atoms with Crippen LogP contribution in [0.25, 0.3) is 27.8 Å². The highest BCUT2D eigenvalue weighted by molar-refractivity contribution is 5.86. The van der Waals surface area contributed by atoms with E-state index in [1.807, 2.05) is 0 Å². The third-order valence-electron chi connectivity index (χ3n) is 8.83. The molecule has 0 amide bonds. The molecule has 0 spiro atoms. The number of anilines is 1. The summed E-state index contributed by atoms with van der Waals surface area (Å²) in [5.41, 5.74) is 11.2. The number of nitrogens with zero attached hydrogens (tertiary/aromatic N) is 3. The average molecular weight is 567 g/mol. The van der Waals surface area contributed by atoms with Gasteiger partial charge in [-0.3, -0.25) is 4.57 Å². The van der Waals surface area contributed by atoms with Gasteiger partial charge in [-0.1, -0.05) is 119 Å². The summed E-state index contributed by atoms with van der Waals surface area (Å²) in [4.78, 5) is 5.42. The second-order valence-electron chi connectivity index (χ2n) is 12.3. The predicted molar refractivity (Wildman–Crippen MR) is 181 cm³/mol. The second kappa shape index (κ2) is 11.6. The lowest BCUT2D eigenvalue weighted by Crippen LogP contribution is -2.20. The Labute approximate surface area is 256 Å². The van der Waals surface area contributed by atoms with Crippen LogP contribution in [0, 0.1) is 13.8 Å².